The molecule has 9 nitrogen and oxygen atoms in total. The van der Waals surface area contributed by atoms with E-state index >= 15 is 4.39 Å². The molecule has 0 aliphatic carbocycles. The molecule has 2 aromatic carbocycles. The number of benzene rings is 2. The van der Waals surface area contributed by atoms with Crippen molar-refractivity contribution in [3.63, 3.8) is 0 Å². The van der Waals surface area contributed by atoms with Crippen LogP contribution in [0.25, 0.3) is 0 Å². The zero-order valence-corrected chi connectivity index (χ0v) is 22.7. The molecule has 3 aliphatic rings. The number of nitrogens with zero attached hydrogens (tertiary/aromatic N) is 3. The fraction of sp³-hybridized carbons (Fsp3) is 0.423. The van der Waals surface area contributed by atoms with Gasteiger partial charge in [0, 0.05) is 32.7 Å². The van der Waals surface area contributed by atoms with Gasteiger partial charge >= 0.3 is 6.09 Å². The molecule has 0 saturated carbocycles. The standard InChI is InChI=1S/C26H30FN5O4S2/c1-2-24(37)28-14-19-15-32(26(33)36-19)18-4-5-21(20(27)12-18)30-7-9-31(10-8-30)25(38)29-13-17-3-6-22-23(11-17)35-16-34-22/h3-6,11-12,19H,2,7-10,13-16H2,1H3,(H,28,37)(H,29,38)/t19-/m0/s1. The first-order valence-electron chi connectivity index (χ1n) is 12.6. The van der Waals surface area contributed by atoms with E-state index in [4.69, 9.17) is 38.6 Å². The second kappa shape index (κ2) is 11.6. The Morgan fingerprint density at radius 2 is 1.84 bits per heavy atom. The predicted molar refractivity (Wildman–Crippen MR) is 151 cm³/mol. The van der Waals surface area contributed by atoms with Crippen LogP contribution >= 0.6 is 24.4 Å². The van der Waals surface area contributed by atoms with Crippen molar-refractivity contribution in [2.45, 2.75) is 26.0 Å². The molecular formula is C26H30FN5O4S2. The minimum Gasteiger partial charge on any atom is -0.454 e. The lowest BCUT2D eigenvalue weighted by Gasteiger charge is -2.37. The molecule has 5 rings (SSSR count). The van der Waals surface area contributed by atoms with Gasteiger partial charge in [0.05, 0.1) is 29.5 Å². The number of thiocarbonyl (C=S) groups is 2. The number of carbonyl (C=O) groups is 1. The van der Waals surface area contributed by atoms with E-state index in [1.165, 1.54) is 11.0 Å². The monoisotopic (exact) mass is 559 g/mol. The minimum absolute atomic E-state index is 0.246. The van der Waals surface area contributed by atoms with Crippen LogP contribution in [0.2, 0.25) is 0 Å². The number of hydrogen-bond acceptors (Lipinski definition) is 7. The topological polar surface area (TPSA) is 78.5 Å². The Labute approximate surface area is 231 Å². The Bertz CT molecular complexity index is 1220. The number of carbonyl (C=O) groups excluding carboxylic acids is 1. The third-order valence-electron chi connectivity index (χ3n) is 6.75. The van der Waals surface area contributed by atoms with Crippen molar-refractivity contribution >= 4 is 52.0 Å². The first kappa shape index (κ1) is 26.2. The Hall–Kier alpha value is -3.38. The van der Waals surface area contributed by atoms with E-state index in [1.807, 2.05) is 30.0 Å². The Balaban J connectivity index is 1.12. The summed E-state index contributed by atoms with van der Waals surface area (Å²) in [6.45, 7) is 6.14. The molecular weight excluding hydrogens is 529 g/mol. The van der Waals surface area contributed by atoms with Gasteiger partial charge in [0.15, 0.2) is 16.6 Å². The zero-order chi connectivity index (χ0) is 26.6. The fourth-order valence-corrected chi connectivity index (χ4v) is 4.94. The third kappa shape index (κ3) is 5.86. The van der Waals surface area contributed by atoms with Gasteiger partial charge in [0.2, 0.25) is 6.79 Å². The maximum absolute atomic E-state index is 15.2. The number of fused-ring (bicyclic) bond motifs is 1. The van der Waals surface area contributed by atoms with Gasteiger partial charge in [-0.1, -0.05) is 25.2 Å². The van der Waals surface area contributed by atoms with Crippen LogP contribution in [0.1, 0.15) is 18.9 Å². The number of amides is 1. The largest absolute Gasteiger partial charge is 0.454 e. The van der Waals surface area contributed by atoms with E-state index in [9.17, 15) is 4.79 Å². The predicted octanol–water partition coefficient (Wildman–Crippen LogP) is 3.40. The second-order valence-electron chi connectivity index (χ2n) is 9.23. The molecule has 3 aliphatic heterocycles. The Kier molecular flexibility index (Phi) is 7.98. The van der Waals surface area contributed by atoms with Crippen molar-refractivity contribution in [1.29, 1.82) is 0 Å². The SMILES string of the molecule is CCC(=S)NC[C@H]1CN(c2ccc(N3CCN(C(=S)NCc4ccc5c(c4)OCO5)CC3)c(F)c2)C(=O)O1. The summed E-state index contributed by atoms with van der Waals surface area (Å²) in [4.78, 5) is 18.6. The van der Waals surface area contributed by atoms with Crippen LogP contribution in [0.4, 0.5) is 20.6 Å². The van der Waals surface area contributed by atoms with Gasteiger partial charge < -0.3 is 34.6 Å². The maximum Gasteiger partial charge on any atom is 0.414 e. The summed E-state index contributed by atoms with van der Waals surface area (Å²) >= 11 is 10.8. The highest BCUT2D eigenvalue weighted by molar-refractivity contribution is 7.80. The van der Waals surface area contributed by atoms with Gasteiger partial charge in [0.25, 0.3) is 0 Å². The van der Waals surface area contributed by atoms with Crippen LogP contribution in [0, 0.1) is 5.82 Å². The lowest BCUT2D eigenvalue weighted by molar-refractivity contribution is 0.143. The molecule has 2 aromatic rings. The number of ether oxygens (including phenoxy) is 3. The number of hydrogen-bond donors (Lipinski definition) is 2. The summed E-state index contributed by atoms with van der Waals surface area (Å²) in [5.41, 5.74) is 2.03. The molecule has 0 aromatic heterocycles. The minimum atomic E-state index is -0.484. The van der Waals surface area contributed by atoms with E-state index in [0.29, 0.717) is 62.3 Å². The molecule has 1 amide bonds. The lowest BCUT2D eigenvalue weighted by atomic mass is 10.2. The molecule has 38 heavy (non-hydrogen) atoms. The van der Waals surface area contributed by atoms with E-state index in [1.54, 1.807) is 12.1 Å². The number of rotatable bonds is 7. The highest BCUT2D eigenvalue weighted by atomic mass is 32.1. The van der Waals surface area contributed by atoms with Gasteiger partial charge in [-0.15, -0.1) is 0 Å². The molecule has 0 unspecified atom stereocenters. The first-order chi connectivity index (χ1) is 18.4. The van der Waals surface area contributed by atoms with Crippen molar-refractivity contribution in [2.75, 3.05) is 55.9 Å². The van der Waals surface area contributed by atoms with Gasteiger partial charge in [-0.3, -0.25) is 4.90 Å². The fourth-order valence-electron chi connectivity index (χ4n) is 4.60. The first-order valence-corrected chi connectivity index (χ1v) is 13.4. The summed E-state index contributed by atoms with van der Waals surface area (Å²) in [7, 11) is 0. The van der Waals surface area contributed by atoms with Crippen LogP contribution in [-0.2, 0) is 11.3 Å². The molecule has 12 heteroatoms. The highest BCUT2D eigenvalue weighted by Crippen LogP contribution is 2.32. The van der Waals surface area contributed by atoms with Crippen LogP contribution in [0.5, 0.6) is 11.5 Å². The number of cyclic esters (lactones) is 1. The van der Waals surface area contributed by atoms with Gasteiger partial charge in [-0.2, -0.15) is 0 Å². The van der Waals surface area contributed by atoms with Crippen molar-refractivity contribution in [2.24, 2.45) is 0 Å². The molecule has 3 heterocycles. The Morgan fingerprint density at radius 1 is 1.05 bits per heavy atom. The summed E-state index contributed by atoms with van der Waals surface area (Å²) in [5, 5.41) is 7.05. The van der Waals surface area contributed by atoms with E-state index in [2.05, 4.69) is 15.5 Å². The van der Waals surface area contributed by atoms with Crippen molar-refractivity contribution in [1.82, 2.24) is 15.5 Å². The lowest BCUT2D eigenvalue weighted by Crippen LogP contribution is -2.51. The number of nitrogens with one attached hydrogen (secondary N) is 2. The molecule has 0 bridgehead atoms. The summed E-state index contributed by atoms with van der Waals surface area (Å²) in [6, 6.07) is 10.7. The number of halogens is 1. The summed E-state index contributed by atoms with van der Waals surface area (Å²) < 4.78 is 31.3. The highest BCUT2D eigenvalue weighted by Gasteiger charge is 2.33. The van der Waals surface area contributed by atoms with Crippen LogP contribution < -0.4 is 29.9 Å². The summed E-state index contributed by atoms with van der Waals surface area (Å²) in [6.07, 6.45) is -0.101. The average Bonchev–Trinajstić information content (AvgIpc) is 3.56. The normalized spacial score (nSPS) is 18.4. The van der Waals surface area contributed by atoms with Gasteiger partial charge in [-0.25, -0.2) is 9.18 Å². The smallest absolute Gasteiger partial charge is 0.414 e. The molecule has 0 radical (unpaired) electrons. The van der Waals surface area contributed by atoms with Crippen LogP contribution in [0.3, 0.4) is 0 Å². The molecule has 2 N–H and O–H groups in total. The maximum atomic E-state index is 15.2. The van der Waals surface area contributed by atoms with E-state index in [0.717, 1.165) is 28.5 Å². The van der Waals surface area contributed by atoms with Crippen molar-refractivity contribution in [3.8, 4) is 11.5 Å². The summed E-state index contributed by atoms with van der Waals surface area (Å²) in [5.74, 6) is 1.12. The van der Waals surface area contributed by atoms with Gasteiger partial charge in [-0.05, 0) is 54.5 Å². The third-order valence-corrected chi connectivity index (χ3v) is 7.59. The molecule has 202 valence electrons. The zero-order valence-electron chi connectivity index (χ0n) is 21.1. The number of piperazine rings is 1. The van der Waals surface area contributed by atoms with Crippen LogP contribution in [-0.4, -0.2) is 73.3 Å². The molecule has 2 saturated heterocycles. The van der Waals surface area contributed by atoms with E-state index < -0.39 is 6.09 Å². The van der Waals surface area contributed by atoms with Crippen molar-refractivity contribution < 1.29 is 23.4 Å². The van der Waals surface area contributed by atoms with Gasteiger partial charge in [0.1, 0.15) is 11.9 Å². The quantitative estimate of drug-likeness (QED) is 0.493. The van der Waals surface area contributed by atoms with Crippen LogP contribution in [0.15, 0.2) is 36.4 Å². The molecule has 2 fully saturated rings. The number of anilines is 2. The van der Waals surface area contributed by atoms with E-state index in [-0.39, 0.29) is 18.7 Å². The molecule has 0 spiro atoms. The molecule has 1 atom stereocenters. The van der Waals surface area contributed by atoms with Crippen molar-refractivity contribution in [3.05, 3.63) is 47.8 Å². The second-order valence-corrected chi connectivity index (χ2v) is 10.1. The average molecular weight is 560 g/mol. The Morgan fingerprint density at radius 3 is 2.61 bits per heavy atom.